The van der Waals surface area contributed by atoms with E-state index >= 15 is 0 Å². The number of carboxylic acid groups (broad SMARTS) is 1. The molecule has 0 aliphatic heterocycles. The van der Waals surface area contributed by atoms with Crippen LogP contribution in [-0.4, -0.2) is 22.6 Å². The zero-order chi connectivity index (χ0) is 13.6. The lowest BCUT2D eigenvalue weighted by Gasteiger charge is -2.24. The zero-order valence-corrected chi connectivity index (χ0v) is 12.1. The first-order valence-electron chi connectivity index (χ1n) is 6.37. The quantitative estimate of drug-likeness (QED) is 0.704. The van der Waals surface area contributed by atoms with Crippen LogP contribution in [0.5, 0.6) is 0 Å². The molecule has 0 saturated carbocycles. The minimum absolute atomic E-state index is 0.117. The Bertz CT molecular complexity index is 388. The van der Waals surface area contributed by atoms with Crippen LogP contribution in [0.3, 0.4) is 0 Å². The monoisotopic (exact) mass is 270 g/mol. The molecule has 0 spiro atoms. The van der Waals surface area contributed by atoms with Crippen molar-refractivity contribution in [1.82, 2.24) is 4.98 Å². The Balaban J connectivity index is 2.40. The van der Waals surface area contributed by atoms with Gasteiger partial charge in [0.15, 0.2) is 10.8 Å². The van der Waals surface area contributed by atoms with Crippen molar-refractivity contribution in [3.63, 3.8) is 0 Å². The molecule has 18 heavy (non-hydrogen) atoms. The maximum absolute atomic E-state index is 10.7. The highest BCUT2D eigenvalue weighted by atomic mass is 32.1. The van der Waals surface area contributed by atoms with Crippen LogP contribution in [-0.2, 0) is 0 Å². The fourth-order valence-corrected chi connectivity index (χ4v) is 2.39. The van der Waals surface area contributed by atoms with E-state index < -0.39 is 5.97 Å². The number of carbonyl (C=O) groups is 1. The molecule has 0 atom stereocenters. The van der Waals surface area contributed by atoms with Crippen molar-refractivity contribution in [2.45, 2.75) is 46.5 Å². The average molecular weight is 270 g/mol. The molecule has 102 valence electrons. The number of hydrogen-bond donors (Lipinski definition) is 2. The number of unbranched alkanes of at least 4 members (excludes halogenated alkanes) is 2. The van der Waals surface area contributed by atoms with Crippen molar-refractivity contribution in [3.05, 3.63) is 11.1 Å². The third-order valence-electron chi connectivity index (χ3n) is 2.90. The second-order valence-electron chi connectivity index (χ2n) is 5.32. The molecule has 2 N–H and O–H groups in total. The molecule has 0 radical (unpaired) electrons. The van der Waals surface area contributed by atoms with E-state index in [0.29, 0.717) is 5.13 Å². The highest BCUT2D eigenvalue weighted by Crippen LogP contribution is 2.25. The van der Waals surface area contributed by atoms with Crippen LogP contribution in [0, 0.1) is 5.41 Å². The highest BCUT2D eigenvalue weighted by Gasteiger charge is 2.18. The number of carboxylic acids is 1. The van der Waals surface area contributed by atoms with E-state index in [1.54, 1.807) is 5.38 Å². The van der Waals surface area contributed by atoms with Gasteiger partial charge in [-0.25, -0.2) is 9.78 Å². The number of rotatable bonds is 8. The summed E-state index contributed by atoms with van der Waals surface area (Å²) in [5.41, 5.74) is 0.329. The largest absolute Gasteiger partial charge is 0.476 e. The molecule has 0 amide bonds. The number of aromatic carboxylic acids is 1. The maximum Gasteiger partial charge on any atom is 0.355 e. The molecule has 0 bridgehead atoms. The van der Waals surface area contributed by atoms with Crippen molar-refractivity contribution in [3.8, 4) is 0 Å². The minimum atomic E-state index is -0.971. The van der Waals surface area contributed by atoms with Crippen LogP contribution in [0.15, 0.2) is 5.38 Å². The Morgan fingerprint density at radius 2 is 2.22 bits per heavy atom. The number of aromatic nitrogens is 1. The van der Waals surface area contributed by atoms with Gasteiger partial charge in [0.2, 0.25) is 0 Å². The fourth-order valence-electron chi connectivity index (χ4n) is 1.71. The van der Waals surface area contributed by atoms with Gasteiger partial charge >= 0.3 is 5.97 Å². The van der Waals surface area contributed by atoms with Gasteiger partial charge in [-0.3, -0.25) is 0 Å². The molecular weight excluding hydrogens is 248 g/mol. The molecule has 0 aliphatic rings. The van der Waals surface area contributed by atoms with Crippen LogP contribution in [0.1, 0.15) is 56.9 Å². The van der Waals surface area contributed by atoms with Crippen LogP contribution < -0.4 is 5.32 Å². The number of hydrogen-bond acceptors (Lipinski definition) is 4. The zero-order valence-electron chi connectivity index (χ0n) is 11.3. The third kappa shape index (κ3) is 5.04. The summed E-state index contributed by atoms with van der Waals surface area (Å²) < 4.78 is 0. The summed E-state index contributed by atoms with van der Waals surface area (Å²) in [5.74, 6) is -0.971. The number of thiazole rings is 1. The smallest absolute Gasteiger partial charge is 0.355 e. The molecule has 1 aromatic rings. The predicted molar refractivity (Wildman–Crippen MR) is 75.5 cm³/mol. The summed E-state index contributed by atoms with van der Waals surface area (Å²) in [6.07, 6.45) is 4.91. The molecule has 0 fully saturated rings. The summed E-state index contributed by atoms with van der Waals surface area (Å²) in [5, 5.41) is 14.3. The molecule has 0 saturated heterocycles. The lowest BCUT2D eigenvalue weighted by Crippen LogP contribution is -2.23. The molecule has 4 nitrogen and oxygen atoms in total. The Labute approximate surface area is 112 Å². The predicted octanol–water partition coefficient (Wildman–Crippen LogP) is 3.86. The van der Waals surface area contributed by atoms with Crippen LogP contribution in [0.2, 0.25) is 0 Å². The summed E-state index contributed by atoms with van der Waals surface area (Å²) >= 11 is 1.34. The maximum atomic E-state index is 10.7. The first-order chi connectivity index (χ1) is 8.44. The van der Waals surface area contributed by atoms with Gasteiger partial charge in [0.05, 0.1) is 0 Å². The van der Waals surface area contributed by atoms with Crippen molar-refractivity contribution in [2.24, 2.45) is 5.41 Å². The van der Waals surface area contributed by atoms with Gasteiger partial charge in [-0.05, 0) is 11.8 Å². The standard InChI is InChI=1S/C13H22N2O2S/c1-4-5-6-7-13(2,3)9-14-12-15-10(8-18-12)11(16)17/h8H,4-7,9H2,1-3H3,(H,14,15)(H,16,17). The summed E-state index contributed by atoms with van der Waals surface area (Å²) in [7, 11) is 0. The first-order valence-corrected chi connectivity index (χ1v) is 7.25. The van der Waals surface area contributed by atoms with Gasteiger partial charge in [-0.15, -0.1) is 11.3 Å². The van der Waals surface area contributed by atoms with Gasteiger partial charge < -0.3 is 10.4 Å². The van der Waals surface area contributed by atoms with Crippen molar-refractivity contribution >= 4 is 22.4 Å². The first kappa shape index (κ1) is 15.0. The Kier molecular flexibility index (Phi) is 5.59. The normalized spacial score (nSPS) is 11.5. The van der Waals surface area contributed by atoms with E-state index in [-0.39, 0.29) is 11.1 Å². The van der Waals surface area contributed by atoms with Crippen molar-refractivity contribution in [1.29, 1.82) is 0 Å². The molecule has 1 aromatic heterocycles. The number of nitrogens with zero attached hydrogens (tertiary/aromatic N) is 1. The number of nitrogens with one attached hydrogen (secondary N) is 1. The van der Waals surface area contributed by atoms with Crippen LogP contribution in [0.25, 0.3) is 0 Å². The Morgan fingerprint density at radius 1 is 1.50 bits per heavy atom. The summed E-state index contributed by atoms with van der Waals surface area (Å²) in [6, 6.07) is 0. The van der Waals surface area contributed by atoms with Gasteiger partial charge in [-0.2, -0.15) is 0 Å². The van der Waals surface area contributed by atoms with E-state index in [2.05, 4.69) is 31.1 Å². The van der Waals surface area contributed by atoms with Gasteiger partial charge in [0.25, 0.3) is 0 Å². The van der Waals surface area contributed by atoms with Crippen molar-refractivity contribution < 1.29 is 9.90 Å². The molecular formula is C13H22N2O2S. The van der Waals surface area contributed by atoms with E-state index in [1.165, 1.54) is 37.0 Å². The lowest BCUT2D eigenvalue weighted by atomic mass is 9.87. The SMILES string of the molecule is CCCCCC(C)(C)CNc1nc(C(=O)O)cs1. The summed E-state index contributed by atoms with van der Waals surface area (Å²) in [6.45, 7) is 7.47. The van der Waals surface area contributed by atoms with Gasteiger partial charge in [0, 0.05) is 11.9 Å². The van der Waals surface area contributed by atoms with Gasteiger partial charge in [-0.1, -0.05) is 40.0 Å². The lowest BCUT2D eigenvalue weighted by molar-refractivity contribution is 0.0691. The Morgan fingerprint density at radius 3 is 2.78 bits per heavy atom. The van der Waals surface area contributed by atoms with E-state index in [1.807, 2.05) is 0 Å². The van der Waals surface area contributed by atoms with Crippen LogP contribution >= 0.6 is 11.3 Å². The molecule has 0 unspecified atom stereocenters. The molecule has 0 aromatic carbocycles. The average Bonchev–Trinajstić information content (AvgIpc) is 2.75. The third-order valence-corrected chi connectivity index (χ3v) is 3.70. The molecule has 0 aliphatic carbocycles. The second kappa shape index (κ2) is 6.73. The molecule has 5 heteroatoms. The van der Waals surface area contributed by atoms with Crippen molar-refractivity contribution in [2.75, 3.05) is 11.9 Å². The van der Waals surface area contributed by atoms with E-state index in [4.69, 9.17) is 5.11 Å². The minimum Gasteiger partial charge on any atom is -0.476 e. The van der Waals surface area contributed by atoms with Crippen LogP contribution in [0.4, 0.5) is 5.13 Å². The Hall–Kier alpha value is -1.10. The topological polar surface area (TPSA) is 62.2 Å². The van der Waals surface area contributed by atoms with E-state index in [0.717, 1.165) is 6.54 Å². The van der Waals surface area contributed by atoms with E-state index in [9.17, 15) is 4.79 Å². The molecule has 1 heterocycles. The highest BCUT2D eigenvalue weighted by molar-refractivity contribution is 7.13. The number of anilines is 1. The molecule has 1 rings (SSSR count). The fraction of sp³-hybridized carbons (Fsp3) is 0.692. The van der Waals surface area contributed by atoms with Gasteiger partial charge in [0.1, 0.15) is 0 Å². The second-order valence-corrected chi connectivity index (χ2v) is 6.18. The summed E-state index contributed by atoms with van der Waals surface area (Å²) in [4.78, 5) is 14.7.